The number of allylic oxidation sites excluding steroid dienone is 1. The maximum Gasteiger partial charge on any atom is 0.281 e. The van der Waals surface area contributed by atoms with Crippen molar-refractivity contribution in [3.05, 3.63) is 70.3 Å². The Balaban J connectivity index is 1.27. The third-order valence-corrected chi connectivity index (χ3v) is 15.0. The molecule has 0 spiro atoms. The average Bonchev–Trinajstić information content (AvgIpc) is 3.13. The third kappa shape index (κ3) is 9.19. The van der Waals surface area contributed by atoms with E-state index in [1.54, 1.807) is 30.4 Å². The zero-order valence-electron chi connectivity index (χ0n) is 30.3. The lowest BCUT2D eigenvalue weighted by Crippen LogP contribution is -2.53. The van der Waals surface area contributed by atoms with Gasteiger partial charge in [0.05, 0.1) is 17.0 Å². The number of benzene rings is 2. The van der Waals surface area contributed by atoms with E-state index in [1.165, 1.54) is 23.3 Å². The molecule has 4 atom stereocenters. The van der Waals surface area contributed by atoms with Crippen LogP contribution >= 0.6 is 11.6 Å². The van der Waals surface area contributed by atoms with Crippen LogP contribution < -0.4 is 14.4 Å². The van der Waals surface area contributed by atoms with E-state index in [0.29, 0.717) is 36.2 Å². The highest BCUT2D eigenvalue weighted by molar-refractivity contribution is 7.90. The van der Waals surface area contributed by atoms with Crippen molar-refractivity contribution in [3.8, 4) is 5.75 Å². The van der Waals surface area contributed by atoms with E-state index < -0.39 is 43.4 Å². The van der Waals surface area contributed by atoms with Gasteiger partial charge in [-0.05, 0) is 98.2 Å². The summed E-state index contributed by atoms with van der Waals surface area (Å²) in [6, 6.07) is 10.7. The van der Waals surface area contributed by atoms with E-state index in [1.807, 2.05) is 18.2 Å². The first-order valence-corrected chi connectivity index (χ1v) is 21.7. The Morgan fingerprint density at radius 3 is 2.51 bits per heavy atom. The molecule has 6 rings (SSSR count). The molecule has 1 saturated heterocycles. The lowest BCUT2D eigenvalue weighted by atomic mass is 9.70. The number of aliphatic hydroxyl groups is 1. The molecule has 4 aliphatic rings. The summed E-state index contributed by atoms with van der Waals surface area (Å²) in [6.45, 7) is 2.02. The van der Waals surface area contributed by atoms with E-state index in [0.717, 1.165) is 47.5 Å². The Hall–Kier alpha value is -3.21. The van der Waals surface area contributed by atoms with Crippen LogP contribution in [0.1, 0.15) is 66.4 Å². The van der Waals surface area contributed by atoms with Crippen molar-refractivity contribution in [1.29, 1.82) is 0 Å². The van der Waals surface area contributed by atoms with Gasteiger partial charge < -0.3 is 19.6 Å². The number of fused-ring (bicyclic) bond motifs is 3. The molecular formula is C37H50ClN5O8S2. The van der Waals surface area contributed by atoms with Crippen LogP contribution in [0, 0.1) is 11.8 Å². The maximum absolute atomic E-state index is 13.9. The minimum Gasteiger partial charge on any atom is -0.487 e. The van der Waals surface area contributed by atoms with Crippen molar-refractivity contribution < 1.29 is 36.3 Å². The Morgan fingerprint density at radius 2 is 1.79 bits per heavy atom. The van der Waals surface area contributed by atoms with Crippen LogP contribution in [0.15, 0.2) is 48.6 Å². The Labute approximate surface area is 318 Å². The number of rotatable bonds is 4. The normalized spacial score (nSPS) is 26.5. The summed E-state index contributed by atoms with van der Waals surface area (Å²) in [4.78, 5) is 30.9. The number of hydrogen-bond acceptors (Lipinski definition) is 9. The highest BCUT2D eigenvalue weighted by Crippen LogP contribution is 2.41. The predicted octanol–water partition coefficient (Wildman–Crippen LogP) is 3.57. The monoisotopic (exact) mass is 791 g/mol. The quantitative estimate of drug-likeness (QED) is 0.442. The molecule has 1 unspecified atom stereocenters. The molecule has 2 aromatic carbocycles. The summed E-state index contributed by atoms with van der Waals surface area (Å²) < 4.78 is 64.0. The first-order valence-electron chi connectivity index (χ1n) is 18.4. The molecule has 290 valence electrons. The number of carbonyl (C=O) groups excluding carboxylic acids is 2. The average molecular weight is 792 g/mol. The smallest absolute Gasteiger partial charge is 0.281 e. The molecule has 16 heteroatoms. The van der Waals surface area contributed by atoms with Gasteiger partial charge in [0.25, 0.3) is 16.1 Å². The number of nitrogens with zero attached hydrogens (tertiary/aromatic N) is 4. The standard InChI is InChI=1S/C37H50ClN5O8S2/c1-40(2)53(49,50)43-19-17-41(18-20-43)36(45)23-31-8-3-4-9-34(44)32-14-11-28(32)24-42-16-6-5-7-26-21-30(38)13-10-29(26)25-51-35-15-12-27(22-33(35)42)37(46)39-52(31,47)48/h4,9-10,12-13,15,21-22,28,31-32,34,44H,3,5-8,11,14,16-20,23-25H2,1-2H3,(H,39,46)/b9-4+/t28-,31?,32+,34-/m0/s1. The van der Waals surface area contributed by atoms with Crippen molar-refractivity contribution in [2.45, 2.75) is 69.3 Å². The number of aliphatic hydroxyl groups excluding tert-OH is 1. The fourth-order valence-corrected chi connectivity index (χ4v) is 10.3. The van der Waals surface area contributed by atoms with Crippen LogP contribution in [0.2, 0.25) is 5.02 Å². The molecule has 53 heavy (non-hydrogen) atoms. The molecule has 13 nitrogen and oxygen atoms in total. The number of anilines is 1. The fraction of sp³-hybridized carbons (Fsp3) is 0.568. The first kappa shape index (κ1) is 39.5. The number of ether oxygens (including phenoxy) is 1. The van der Waals surface area contributed by atoms with Crippen molar-refractivity contribution >= 4 is 49.3 Å². The SMILES string of the molecule is CN(C)S(=O)(=O)N1CCN(C(=O)CC2CC/C=C/[C@H](O)[C@@H]3CC[C@H]3CN3CCCCc4cc(Cl)ccc4COc4ccc(cc43)C(=O)NS2(=O)=O)CC1. The number of aryl methyl sites for hydroxylation is 1. The number of hydrogen-bond donors (Lipinski definition) is 2. The van der Waals surface area contributed by atoms with Gasteiger partial charge in [-0.15, -0.1) is 0 Å². The van der Waals surface area contributed by atoms with Gasteiger partial charge in [0.2, 0.25) is 15.9 Å². The van der Waals surface area contributed by atoms with Gasteiger partial charge in [-0.1, -0.05) is 29.8 Å². The molecule has 1 aliphatic carbocycles. The van der Waals surface area contributed by atoms with E-state index in [9.17, 15) is 31.5 Å². The lowest BCUT2D eigenvalue weighted by Gasteiger charge is -2.42. The highest BCUT2D eigenvalue weighted by atomic mass is 35.5. The summed E-state index contributed by atoms with van der Waals surface area (Å²) >= 11 is 6.33. The Morgan fingerprint density at radius 1 is 1.02 bits per heavy atom. The first-order chi connectivity index (χ1) is 25.2. The highest BCUT2D eigenvalue weighted by Gasteiger charge is 2.38. The largest absolute Gasteiger partial charge is 0.487 e. The van der Waals surface area contributed by atoms with E-state index in [4.69, 9.17) is 16.3 Å². The van der Waals surface area contributed by atoms with Gasteiger partial charge in [-0.2, -0.15) is 17.0 Å². The molecule has 0 aromatic heterocycles. The molecule has 2 aromatic rings. The number of nitrogens with one attached hydrogen (secondary N) is 1. The van der Waals surface area contributed by atoms with E-state index >= 15 is 0 Å². The van der Waals surface area contributed by atoms with Gasteiger partial charge >= 0.3 is 0 Å². The van der Waals surface area contributed by atoms with Crippen molar-refractivity contribution in [2.75, 3.05) is 58.3 Å². The second-order valence-corrected chi connectivity index (χ2v) is 19.2. The van der Waals surface area contributed by atoms with Crippen LogP contribution in [0.4, 0.5) is 5.69 Å². The topological polar surface area (TPSA) is 157 Å². The van der Waals surface area contributed by atoms with Gasteiger partial charge in [-0.25, -0.2) is 13.1 Å². The minimum absolute atomic E-state index is 0.0238. The number of amides is 2. The van der Waals surface area contributed by atoms with Gasteiger partial charge in [0, 0.05) is 70.4 Å². The zero-order valence-corrected chi connectivity index (χ0v) is 32.7. The molecule has 2 fully saturated rings. The van der Waals surface area contributed by atoms with Gasteiger partial charge in [-0.3, -0.25) is 9.59 Å². The molecule has 1 saturated carbocycles. The molecule has 2 bridgehead atoms. The number of sulfonamides is 1. The summed E-state index contributed by atoms with van der Waals surface area (Å²) in [5.74, 6) is -0.456. The zero-order chi connectivity index (χ0) is 37.9. The second kappa shape index (κ2) is 16.7. The number of halogens is 1. The Kier molecular flexibility index (Phi) is 12.4. The van der Waals surface area contributed by atoms with Crippen LogP contribution in [0.5, 0.6) is 5.75 Å². The predicted molar refractivity (Wildman–Crippen MR) is 204 cm³/mol. The number of carbonyl (C=O) groups is 2. The molecule has 3 aliphatic heterocycles. The molecule has 2 N–H and O–H groups in total. The third-order valence-electron chi connectivity index (χ3n) is 11.1. The lowest BCUT2D eigenvalue weighted by molar-refractivity contribution is -0.132. The molecule has 0 radical (unpaired) electrons. The van der Waals surface area contributed by atoms with Gasteiger partial charge in [0.15, 0.2) is 0 Å². The molecule has 3 heterocycles. The van der Waals surface area contributed by atoms with Crippen molar-refractivity contribution in [1.82, 2.24) is 18.2 Å². The fourth-order valence-electron chi connectivity index (χ4n) is 7.66. The molecule has 2 amide bonds. The summed E-state index contributed by atoms with van der Waals surface area (Å²) in [6.07, 6.45) is 7.10. The van der Waals surface area contributed by atoms with Crippen molar-refractivity contribution in [2.24, 2.45) is 11.8 Å². The maximum atomic E-state index is 13.9. The summed E-state index contributed by atoms with van der Waals surface area (Å²) in [7, 11) is -5.13. The van der Waals surface area contributed by atoms with Crippen LogP contribution in [-0.2, 0) is 38.1 Å². The van der Waals surface area contributed by atoms with E-state index in [2.05, 4.69) is 9.62 Å². The van der Waals surface area contributed by atoms with Crippen LogP contribution in [0.3, 0.4) is 0 Å². The van der Waals surface area contributed by atoms with E-state index in [-0.39, 0.29) is 62.8 Å². The summed E-state index contributed by atoms with van der Waals surface area (Å²) in [5, 5.41) is 10.6. The molecular weight excluding hydrogens is 742 g/mol. The van der Waals surface area contributed by atoms with Crippen LogP contribution in [-0.4, -0.2) is 112 Å². The number of piperazine rings is 1. The van der Waals surface area contributed by atoms with Crippen molar-refractivity contribution in [3.63, 3.8) is 0 Å². The van der Waals surface area contributed by atoms with Gasteiger partial charge in [0.1, 0.15) is 12.4 Å². The minimum atomic E-state index is -4.36. The van der Waals surface area contributed by atoms with Crippen LogP contribution in [0.25, 0.3) is 0 Å². The second-order valence-electron chi connectivity index (χ2n) is 14.7. The Bertz CT molecular complexity index is 1920. The summed E-state index contributed by atoms with van der Waals surface area (Å²) in [5.41, 5.74) is 2.97.